The summed E-state index contributed by atoms with van der Waals surface area (Å²) in [5.74, 6) is -1.17. The lowest BCUT2D eigenvalue weighted by Crippen LogP contribution is -2.32. The van der Waals surface area contributed by atoms with Gasteiger partial charge in [0, 0.05) is 22.5 Å². The molecule has 0 aliphatic carbocycles. The second kappa shape index (κ2) is 5.89. The summed E-state index contributed by atoms with van der Waals surface area (Å²) < 4.78 is 1.85. The molecule has 0 unspecified atom stereocenters. The van der Waals surface area contributed by atoms with E-state index >= 15 is 0 Å². The first-order valence-corrected chi connectivity index (χ1v) is 7.68. The number of rotatable bonds is 3. The van der Waals surface area contributed by atoms with Crippen LogP contribution < -0.4 is 11.0 Å². The van der Waals surface area contributed by atoms with Crippen LogP contribution in [0.4, 0.5) is 0 Å². The first kappa shape index (κ1) is 15.3. The highest BCUT2D eigenvalue weighted by molar-refractivity contribution is 9.10. The third-order valence-electron chi connectivity index (χ3n) is 3.63. The molecule has 2 aromatic carbocycles. The number of carboxylic acid groups (broad SMARTS) is 1. The lowest BCUT2D eigenvalue weighted by atomic mass is 9.97. The lowest BCUT2D eigenvalue weighted by molar-refractivity contribution is 0.0686. The number of fused-ring (bicyclic) bond motifs is 1. The largest absolute Gasteiger partial charge is 0.476 e. The second-order valence-electron chi connectivity index (χ2n) is 4.95. The summed E-state index contributed by atoms with van der Waals surface area (Å²) in [6.07, 6.45) is 0. The molecule has 0 amide bonds. The number of aromatic nitrogens is 1. The van der Waals surface area contributed by atoms with E-state index in [9.17, 15) is 14.7 Å². The van der Waals surface area contributed by atoms with Crippen LogP contribution in [0.25, 0.3) is 21.9 Å². The van der Waals surface area contributed by atoms with E-state index in [2.05, 4.69) is 21.4 Å². The molecular weight excluding hydrogens is 360 g/mol. The van der Waals surface area contributed by atoms with Crippen molar-refractivity contribution in [2.45, 2.75) is 0 Å². The van der Waals surface area contributed by atoms with Crippen molar-refractivity contribution in [2.24, 2.45) is 0 Å². The smallest absolute Gasteiger partial charge is 0.355 e. The molecule has 3 aromatic rings. The summed E-state index contributed by atoms with van der Waals surface area (Å²) >= 11 is 3.39. The number of aromatic carboxylic acids is 1. The van der Waals surface area contributed by atoms with Crippen LogP contribution >= 0.6 is 15.9 Å². The highest BCUT2D eigenvalue weighted by Gasteiger charge is 2.22. The van der Waals surface area contributed by atoms with Crippen LogP contribution in [0.3, 0.4) is 0 Å². The topological polar surface area (TPSA) is 71.3 Å². The van der Waals surface area contributed by atoms with E-state index in [4.69, 9.17) is 0 Å². The summed E-state index contributed by atoms with van der Waals surface area (Å²) in [6, 6.07) is 14.4. The monoisotopic (exact) mass is 372 g/mol. The van der Waals surface area contributed by atoms with Gasteiger partial charge in [-0.1, -0.05) is 46.3 Å². The van der Waals surface area contributed by atoms with Crippen molar-refractivity contribution in [3.8, 4) is 11.1 Å². The summed E-state index contributed by atoms with van der Waals surface area (Å²) in [4.78, 5) is 24.4. The quantitative estimate of drug-likeness (QED) is 0.739. The Labute approximate surface area is 140 Å². The van der Waals surface area contributed by atoms with Crippen LogP contribution in [0.15, 0.2) is 57.8 Å². The molecule has 116 valence electrons. The fourth-order valence-electron chi connectivity index (χ4n) is 2.68. The molecule has 0 saturated heterocycles. The number of nitrogens with one attached hydrogen (secondary N) is 1. The van der Waals surface area contributed by atoms with Crippen LogP contribution in [-0.4, -0.2) is 22.8 Å². The van der Waals surface area contributed by atoms with E-state index in [0.29, 0.717) is 16.3 Å². The van der Waals surface area contributed by atoms with Gasteiger partial charge in [0.1, 0.15) is 0 Å². The zero-order valence-corrected chi connectivity index (χ0v) is 13.8. The van der Waals surface area contributed by atoms with Crippen LogP contribution in [0.5, 0.6) is 0 Å². The minimum absolute atomic E-state index is 0.0886. The minimum Gasteiger partial charge on any atom is -0.476 e. The highest BCUT2D eigenvalue weighted by Crippen LogP contribution is 2.32. The van der Waals surface area contributed by atoms with Gasteiger partial charge in [-0.25, -0.2) is 9.47 Å². The van der Waals surface area contributed by atoms with Gasteiger partial charge in [-0.05, 0) is 29.1 Å². The van der Waals surface area contributed by atoms with Gasteiger partial charge in [0.05, 0.1) is 0 Å². The molecule has 1 heterocycles. The van der Waals surface area contributed by atoms with Crippen molar-refractivity contribution >= 4 is 32.7 Å². The predicted octanol–water partition coefficient (Wildman–Crippen LogP) is 3.30. The number of hydrogen-bond donors (Lipinski definition) is 2. The molecule has 0 fully saturated rings. The van der Waals surface area contributed by atoms with Gasteiger partial charge in [-0.2, -0.15) is 0 Å². The Balaban J connectivity index is 2.60. The summed E-state index contributed by atoms with van der Waals surface area (Å²) in [5.41, 5.74) is 3.43. The Morgan fingerprint density at radius 3 is 2.43 bits per heavy atom. The molecule has 0 atom stereocenters. The number of pyridine rings is 1. The minimum atomic E-state index is -1.17. The van der Waals surface area contributed by atoms with Gasteiger partial charge in [0.15, 0.2) is 5.69 Å². The van der Waals surface area contributed by atoms with E-state index in [0.717, 1.165) is 14.7 Å². The predicted molar refractivity (Wildman–Crippen MR) is 93.6 cm³/mol. The Hall–Kier alpha value is -2.60. The van der Waals surface area contributed by atoms with Gasteiger partial charge in [-0.15, -0.1) is 0 Å². The fourth-order valence-corrected chi connectivity index (χ4v) is 3.05. The molecule has 0 bridgehead atoms. The van der Waals surface area contributed by atoms with E-state index < -0.39 is 11.5 Å². The third-order valence-corrected chi connectivity index (χ3v) is 4.13. The fraction of sp³-hybridized carbons (Fsp3) is 0.0588. The molecule has 0 aliphatic heterocycles. The molecule has 3 rings (SSSR count). The average molecular weight is 373 g/mol. The van der Waals surface area contributed by atoms with Gasteiger partial charge >= 0.3 is 5.97 Å². The van der Waals surface area contributed by atoms with E-state index in [1.165, 1.54) is 7.05 Å². The van der Waals surface area contributed by atoms with Crippen molar-refractivity contribution in [2.75, 3.05) is 12.5 Å². The van der Waals surface area contributed by atoms with E-state index in [1.54, 1.807) is 18.2 Å². The van der Waals surface area contributed by atoms with E-state index in [1.807, 2.05) is 30.3 Å². The van der Waals surface area contributed by atoms with Gasteiger partial charge in [0.25, 0.3) is 5.56 Å². The molecule has 6 heteroatoms. The third kappa shape index (κ3) is 2.51. The number of halogens is 1. The van der Waals surface area contributed by atoms with Crippen molar-refractivity contribution in [3.63, 3.8) is 0 Å². The number of carboxylic acids is 1. The number of benzene rings is 2. The zero-order chi connectivity index (χ0) is 16.6. The van der Waals surface area contributed by atoms with Crippen LogP contribution in [0.2, 0.25) is 0 Å². The van der Waals surface area contributed by atoms with Crippen molar-refractivity contribution in [3.05, 3.63) is 69.1 Å². The van der Waals surface area contributed by atoms with Crippen LogP contribution in [0.1, 0.15) is 10.5 Å². The van der Waals surface area contributed by atoms with Crippen LogP contribution in [-0.2, 0) is 0 Å². The Morgan fingerprint density at radius 1 is 1.13 bits per heavy atom. The average Bonchev–Trinajstić information content (AvgIpc) is 2.55. The van der Waals surface area contributed by atoms with Crippen molar-refractivity contribution in [1.82, 2.24) is 4.68 Å². The molecule has 0 radical (unpaired) electrons. The molecule has 2 N–H and O–H groups in total. The number of hydrogen-bond acceptors (Lipinski definition) is 3. The molecule has 1 aromatic heterocycles. The first-order chi connectivity index (χ1) is 11.0. The molecular formula is C17H13BrN2O3. The van der Waals surface area contributed by atoms with E-state index in [-0.39, 0.29) is 5.69 Å². The molecule has 23 heavy (non-hydrogen) atoms. The van der Waals surface area contributed by atoms with Gasteiger partial charge < -0.3 is 10.5 Å². The molecule has 0 saturated carbocycles. The summed E-state index contributed by atoms with van der Waals surface area (Å²) in [5, 5.41) is 10.7. The lowest BCUT2D eigenvalue weighted by Gasteiger charge is -2.17. The Kier molecular flexibility index (Phi) is 3.92. The Bertz CT molecular complexity index is 965. The van der Waals surface area contributed by atoms with Crippen molar-refractivity contribution in [1.29, 1.82) is 0 Å². The SMILES string of the molecule is CNn1c(C(=O)O)c(-c2ccccc2)c2cc(Br)ccc2c1=O. The normalized spacial score (nSPS) is 10.7. The van der Waals surface area contributed by atoms with Crippen LogP contribution in [0, 0.1) is 0 Å². The molecule has 0 aliphatic rings. The first-order valence-electron chi connectivity index (χ1n) is 6.89. The van der Waals surface area contributed by atoms with Gasteiger partial charge in [0.2, 0.25) is 0 Å². The maximum atomic E-state index is 12.6. The summed E-state index contributed by atoms with van der Waals surface area (Å²) in [7, 11) is 1.52. The number of nitrogens with zero attached hydrogens (tertiary/aromatic N) is 1. The Morgan fingerprint density at radius 2 is 1.83 bits per heavy atom. The zero-order valence-electron chi connectivity index (χ0n) is 12.2. The van der Waals surface area contributed by atoms with Gasteiger partial charge in [-0.3, -0.25) is 4.79 Å². The van der Waals surface area contributed by atoms with Crippen molar-refractivity contribution < 1.29 is 9.90 Å². The number of carbonyl (C=O) groups is 1. The molecule has 0 spiro atoms. The maximum Gasteiger partial charge on any atom is 0.355 e. The summed E-state index contributed by atoms with van der Waals surface area (Å²) in [6.45, 7) is 0. The molecule has 5 nitrogen and oxygen atoms in total. The maximum absolute atomic E-state index is 12.6. The highest BCUT2D eigenvalue weighted by atomic mass is 79.9. The second-order valence-corrected chi connectivity index (χ2v) is 5.86. The standard InChI is InChI=1S/C17H13BrN2O3/c1-19-20-15(17(22)23)14(10-5-3-2-4-6-10)13-9-11(18)7-8-12(13)16(20)21/h2-9,19H,1H3,(H,22,23).